The Hall–Kier alpha value is -2.01. The molecule has 0 radical (unpaired) electrons. The fourth-order valence-electron chi connectivity index (χ4n) is 1.94. The van der Waals surface area contributed by atoms with Crippen LogP contribution in [-0.2, 0) is 0 Å². The molecule has 0 bridgehead atoms. The molecule has 0 unspecified atom stereocenters. The maximum Gasteiger partial charge on any atom is 0.252 e. The second-order valence-corrected chi connectivity index (χ2v) is 5.57. The van der Waals surface area contributed by atoms with Crippen molar-refractivity contribution in [3.05, 3.63) is 58.1 Å². The van der Waals surface area contributed by atoms with Crippen molar-refractivity contribution in [3.63, 3.8) is 0 Å². The first-order chi connectivity index (χ1) is 10.6. The topological polar surface area (TPSA) is 47.6 Å². The number of para-hydroxylation sites is 1. The molecule has 0 spiro atoms. The maximum atomic E-state index is 12.2. The first-order valence-electron chi connectivity index (χ1n) is 6.92. The Labute approximate surface area is 138 Å². The molecule has 0 aromatic heterocycles. The molecule has 2 rings (SSSR count). The van der Waals surface area contributed by atoms with Crippen LogP contribution in [0, 0.1) is 6.92 Å². The third-order valence-electron chi connectivity index (χ3n) is 3.16. The summed E-state index contributed by atoms with van der Waals surface area (Å²) in [5.74, 6) is 1.31. The first kappa shape index (κ1) is 16.4. The molecule has 0 fully saturated rings. The van der Waals surface area contributed by atoms with Crippen molar-refractivity contribution in [2.45, 2.75) is 6.92 Å². The fraction of sp³-hybridized carbons (Fsp3) is 0.235. The number of hydrogen-bond donors (Lipinski definition) is 1. The van der Waals surface area contributed by atoms with Crippen molar-refractivity contribution in [1.82, 2.24) is 5.32 Å². The Kier molecular flexibility index (Phi) is 5.83. The Balaban J connectivity index is 1.87. The van der Waals surface area contributed by atoms with Gasteiger partial charge in [-0.3, -0.25) is 4.79 Å². The van der Waals surface area contributed by atoms with Crippen LogP contribution < -0.4 is 14.8 Å². The number of ether oxygens (including phenoxy) is 2. The largest absolute Gasteiger partial charge is 0.497 e. The average molecular weight is 364 g/mol. The number of methoxy groups -OCH3 is 1. The van der Waals surface area contributed by atoms with E-state index in [9.17, 15) is 4.79 Å². The van der Waals surface area contributed by atoms with E-state index in [1.807, 2.05) is 31.2 Å². The molecule has 1 amide bonds. The van der Waals surface area contributed by atoms with E-state index < -0.39 is 0 Å². The van der Waals surface area contributed by atoms with Gasteiger partial charge in [-0.15, -0.1) is 0 Å². The lowest BCUT2D eigenvalue weighted by Crippen LogP contribution is -2.28. The van der Waals surface area contributed by atoms with Gasteiger partial charge >= 0.3 is 0 Å². The van der Waals surface area contributed by atoms with Gasteiger partial charge in [-0.25, -0.2) is 0 Å². The lowest BCUT2D eigenvalue weighted by Gasteiger charge is -2.11. The third-order valence-corrected chi connectivity index (χ3v) is 3.85. The monoisotopic (exact) mass is 363 g/mol. The van der Waals surface area contributed by atoms with Crippen LogP contribution in [0.25, 0.3) is 0 Å². The lowest BCUT2D eigenvalue weighted by atomic mass is 10.2. The Bertz CT molecular complexity index is 658. The highest BCUT2D eigenvalue weighted by molar-refractivity contribution is 9.10. The van der Waals surface area contributed by atoms with Crippen LogP contribution in [-0.4, -0.2) is 26.2 Å². The standard InChI is InChI=1S/C17H18BrNO3/c1-12-5-3-4-6-16(12)22-10-9-19-17(20)14-11-13(21-2)7-8-15(14)18/h3-8,11H,9-10H2,1-2H3,(H,19,20). The number of benzene rings is 2. The summed E-state index contributed by atoms with van der Waals surface area (Å²) in [5, 5.41) is 2.83. The van der Waals surface area contributed by atoms with Gasteiger partial charge in [0, 0.05) is 4.47 Å². The summed E-state index contributed by atoms with van der Waals surface area (Å²) >= 11 is 3.37. The molecular formula is C17H18BrNO3. The smallest absolute Gasteiger partial charge is 0.252 e. The van der Waals surface area contributed by atoms with Crippen LogP contribution in [0.2, 0.25) is 0 Å². The van der Waals surface area contributed by atoms with Crippen molar-refractivity contribution < 1.29 is 14.3 Å². The van der Waals surface area contributed by atoms with Crippen molar-refractivity contribution >= 4 is 21.8 Å². The van der Waals surface area contributed by atoms with Gasteiger partial charge in [0.05, 0.1) is 19.2 Å². The predicted octanol–water partition coefficient (Wildman–Crippen LogP) is 3.57. The fourth-order valence-corrected chi connectivity index (χ4v) is 2.37. The predicted molar refractivity (Wildman–Crippen MR) is 89.7 cm³/mol. The van der Waals surface area contributed by atoms with Gasteiger partial charge in [0.1, 0.15) is 18.1 Å². The molecule has 0 atom stereocenters. The molecule has 0 heterocycles. The number of carbonyl (C=O) groups is 1. The molecule has 0 saturated heterocycles. The number of hydrogen-bond acceptors (Lipinski definition) is 3. The Morgan fingerprint density at radius 1 is 1.23 bits per heavy atom. The molecule has 116 valence electrons. The number of carbonyl (C=O) groups excluding carboxylic acids is 1. The second kappa shape index (κ2) is 7.84. The molecule has 5 heteroatoms. The van der Waals surface area contributed by atoms with Crippen molar-refractivity contribution in [3.8, 4) is 11.5 Å². The van der Waals surface area contributed by atoms with Crippen LogP contribution in [0.3, 0.4) is 0 Å². The molecule has 22 heavy (non-hydrogen) atoms. The highest BCUT2D eigenvalue weighted by atomic mass is 79.9. The lowest BCUT2D eigenvalue weighted by molar-refractivity contribution is 0.0946. The zero-order chi connectivity index (χ0) is 15.9. The minimum atomic E-state index is -0.167. The van der Waals surface area contributed by atoms with Gasteiger partial charge in [-0.1, -0.05) is 18.2 Å². The van der Waals surface area contributed by atoms with Crippen molar-refractivity contribution in [1.29, 1.82) is 0 Å². The van der Waals surface area contributed by atoms with E-state index in [0.717, 1.165) is 15.8 Å². The van der Waals surface area contributed by atoms with E-state index in [-0.39, 0.29) is 5.91 Å². The van der Waals surface area contributed by atoms with Crippen LogP contribution in [0.15, 0.2) is 46.9 Å². The second-order valence-electron chi connectivity index (χ2n) is 4.72. The number of rotatable bonds is 6. The van der Waals surface area contributed by atoms with E-state index in [4.69, 9.17) is 9.47 Å². The van der Waals surface area contributed by atoms with Gasteiger partial charge < -0.3 is 14.8 Å². The summed E-state index contributed by atoms with van der Waals surface area (Å²) in [6.45, 7) is 2.83. The molecular weight excluding hydrogens is 346 g/mol. The maximum absolute atomic E-state index is 12.2. The van der Waals surface area contributed by atoms with Gasteiger partial charge in [-0.05, 0) is 52.7 Å². The van der Waals surface area contributed by atoms with Crippen LogP contribution >= 0.6 is 15.9 Å². The Morgan fingerprint density at radius 3 is 2.73 bits per heavy atom. The van der Waals surface area contributed by atoms with Crippen LogP contribution in [0.5, 0.6) is 11.5 Å². The number of aryl methyl sites for hydroxylation is 1. The molecule has 0 aliphatic rings. The number of nitrogens with one attached hydrogen (secondary N) is 1. The first-order valence-corrected chi connectivity index (χ1v) is 7.71. The van der Waals surface area contributed by atoms with E-state index in [2.05, 4.69) is 21.2 Å². The zero-order valence-corrected chi connectivity index (χ0v) is 14.1. The van der Waals surface area contributed by atoms with E-state index >= 15 is 0 Å². The SMILES string of the molecule is COc1ccc(Br)c(C(=O)NCCOc2ccccc2C)c1. The molecule has 2 aromatic carbocycles. The van der Waals surface area contributed by atoms with E-state index in [0.29, 0.717) is 24.5 Å². The average Bonchev–Trinajstić information content (AvgIpc) is 2.53. The summed E-state index contributed by atoms with van der Waals surface area (Å²) in [6.07, 6.45) is 0. The minimum Gasteiger partial charge on any atom is -0.497 e. The summed E-state index contributed by atoms with van der Waals surface area (Å²) in [6, 6.07) is 13.1. The molecule has 0 aliphatic carbocycles. The summed E-state index contributed by atoms with van der Waals surface area (Å²) in [7, 11) is 1.57. The van der Waals surface area contributed by atoms with Crippen molar-refractivity contribution in [2.75, 3.05) is 20.3 Å². The van der Waals surface area contributed by atoms with Gasteiger partial charge in [0.2, 0.25) is 0 Å². The van der Waals surface area contributed by atoms with Gasteiger partial charge in [0.15, 0.2) is 0 Å². The molecule has 0 aliphatic heterocycles. The third kappa shape index (κ3) is 4.24. The normalized spacial score (nSPS) is 10.1. The zero-order valence-electron chi connectivity index (χ0n) is 12.6. The van der Waals surface area contributed by atoms with Gasteiger partial charge in [0.25, 0.3) is 5.91 Å². The Morgan fingerprint density at radius 2 is 2.00 bits per heavy atom. The van der Waals surface area contributed by atoms with Crippen molar-refractivity contribution in [2.24, 2.45) is 0 Å². The number of halogens is 1. The van der Waals surface area contributed by atoms with Crippen LogP contribution in [0.4, 0.5) is 0 Å². The van der Waals surface area contributed by atoms with Crippen LogP contribution in [0.1, 0.15) is 15.9 Å². The molecule has 0 saturated carbocycles. The molecule has 2 aromatic rings. The van der Waals surface area contributed by atoms with E-state index in [1.54, 1.807) is 25.3 Å². The number of amides is 1. The summed E-state index contributed by atoms with van der Waals surface area (Å²) < 4.78 is 11.5. The molecule has 4 nitrogen and oxygen atoms in total. The molecule has 1 N–H and O–H groups in total. The summed E-state index contributed by atoms with van der Waals surface area (Å²) in [5.41, 5.74) is 1.61. The quantitative estimate of drug-likeness (QED) is 0.798. The summed E-state index contributed by atoms with van der Waals surface area (Å²) in [4.78, 5) is 12.2. The minimum absolute atomic E-state index is 0.167. The highest BCUT2D eigenvalue weighted by Gasteiger charge is 2.11. The van der Waals surface area contributed by atoms with Gasteiger partial charge in [-0.2, -0.15) is 0 Å². The highest BCUT2D eigenvalue weighted by Crippen LogP contribution is 2.22. The van der Waals surface area contributed by atoms with E-state index in [1.165, 1.54) is 0 Å².